The summed E-state index contributed by atoms with van der Waals surface area (Å²) in [6.45, 7) is 2.33. The molecule has 0 unspecified atom stereocenters. The van der Waals surface area contributed by atoms with E-state index in [1.807, 2.05) is 6.07 Å². The second-order valence-corrected chi connectivity index (χ2v) is 6.83. The molecule has 0 bridgehead atoms. The highest BCUT2D eigenvalue weighted by Gasteiger charge is 2.45. The maximum absolute atomic E-state index is 10.5. The van der Waals surface area contributed by atoms with Gasteiger partial charge in [-0.2, -0.15) is 4.99 Å². The topological polar surface area (TPSA) is 29.4 Å². The summed E-state index contributed by atoms with van der Waals surface area (Å²) in [6, 6.07) is 6.27. The Morgan fingerprint density at radius 3 is 2.50 bits per heavy atom. The molecule has 3 heteroatoms. The molecule has 0 saturated heterocycles. The highest BCUT2D eigenvalue weighted by molar-refractivity contribution is 6.31. The fourth-order valence-electron chi connectivity index (χ4n) is 3.39. The lowest BCUT2D eigenvalue weighted by molar-refractivity contribution is 0.348. The van der Waals surface area contributed by atoms with Gasteiger partial charge in [0.15, 0.2) is 0 Å². The van der Waals surface area contributed by atoms with Crippen LogP contribution in [0.4, 0.5) is 0 Å². The van der Waals surface area contributed by atoms with Gasteiger partial charge < -0.3 is 0 Å². The third kappa shape index (κ3) is 2.55. The summed E-state index contributed by atoms with van der Waals surface area (Å²) in [7, 11) is 0. The van der Waals surface area contributed by atoms with Crippen molar-refractivity contribution in [1.82, 2.24) is 0 Å². The molecular formula is C17H20ClNO. The van der Waals surface area contributed by atoms with Gasteiger partial charge in [-0.3, -0.25) is 0 Å². The van der Waals surface area contributed by atoms with Gasteiger partial charge in [0.05, 0.1) is 5.54 Å². The smallest absolute Gasteiger partial charge is 0.211 e. The third-order valence-corrected chi connectivity index (χ3v) is 5.30. The molecule has 0 heterocycles. The van der Waals surface area contributed by atoms with E-state index < -0.39 is 0 Å². The molecule has 0 atom stereocenters. The van der Waals surface area contributed by atoms with Crippen LogP contribution in [-0.4, -0.2) is 6.08 Å². The van der Waals surface area contributed by atoms with Crippen LogP contribution in [0.5, 0.6) is 0 Å². The van der Waals surface area contributed by atoms with Crippen LogP contribution in [0.1, 0.15) is 62.5 Å². The molecule has 0 radical (unpaired) electrons. The van der Waals surface area contributed by atoms with Gasteiger partial charge in [0.25, 0.3) is 0 Å². The fourth-order valence-corrected chi connectivity index (χ4v) is 3.72. The maximum atomic E-state index is 10.5. The lowest BCUT2D eigenvalue weighted by Gasteiger charge is -2.27. The number of rotatable bonds is 3. The van der Waals surface area contributed by atoms with Gasteiger partial charge in [0.2, 0.25) is 6.08 Å². The number of hydrogen-bond donors (Lipinski definition) is 0. The number of nitrogens with zero attached hydrogens (tertiary/aromatic N) is 1. The molecule has 0 spiro atoms. The Labute approximate surface area is 125 Å². The van der Waals surface area contributed by atoms with Crippen molar-refractivity contribution in [2.24, 2.45) is 10.9 Å². The van der Waals surface area contributed by atoms with Crippen LogP contribution in [0.15, 0.2) is 23.2 Å². The Hall–Kier alpha value is -1.11. The molecule has 2 aliphatic carbocycles. The van der Waals surface area contributed by atoms with Crippen LogP contribution >= 0.6 is 11.6 Å². The SMILES string of the molecule is CC1CCC(c2ccc(C3(N=C=O)CC3)cc2Cl)CC1. The van der Waals surface area contributed by atoms with E-state index in [2.05, 4.69) is 24.0 Å². The van der Waals surface area contributed by atoms with Gasteiger partial charge in [0.1, 0.15) is 0 Å². The van der Waals surface area contributed by atoms with Crippen molar-refractivity contribution < 1.29 is 4.79 Å². The first-order chi connectivity index (χ1) is 9.64. The van der Waals surface area contributed by atoms with Crippen molar-refractivity contribution in [2.45, 2.75) is 56.9 Å². The molecule has 2 aliphatic rings. The molecule has 20 heavy (non-hydrogen) atoms. The zero-order valence-electron chi connectivity index (χ0n) is 11.9. The van der Waals surface area contributed by atoms with E-state index in [1.54, 1.807) is 6.08 Å². The molecule has 1 aromatic rings. The fraction of sp³-hybridized carbons (Fsp3) is 0.588. The van der Waals surface area contributed by atoms with E-state index in [0.717, 1.165) is 29.3 Å². The quantitative estimate of drug-likeness (QED) is 0.571. The van der Waals surface area contributed by atoms with Crippen LogP contribution in [0, 0.1) is 5.92 Å². The van der Waals surface area contributed by atoms with Crippen molar-refractivity contribution in [3.05, 3.63) is 34.3 Å². The minimum Gasteiger partial charge on any atom is -0.211 e. The molecule has 2 nitrogen and oxygen atoms in total. The molecule has 0 amide bonds. The van der Waals surface area contributed by atoms with Gasteiger partial charge >= 0.3 is 0 Å². The van der Waals surface area contributed by atoms with E-state index in [0.29, 0.717) is 5.92 Å². The first-order valence-corrected chi connectivity index (χ1v) is 7.91. The van der Waals surface area contributed by atoms with Crippen molar-refractivity contribution in [3.8, 4) is 0 Å². The lowest BCUT2D eigenvalue weighted by atomic mass is 9.79. The van der Waals surface area contributed by atoms with Gasteiger partial charge in [0, 0.05) is 5.02 Å². The molecular weight excluding hydrogens is 270 g/mol. The second kappa shape index (κ2) is 5.35. The molecule has 106 valence electrons. The summed E-state index contributed by atoms with van der Waals surface area (Å²) in [5.41, 5.74) is 2.03. The molecule has 0 N–H and O–H groups in total. The van der Waals surface area contributed by atoms with Gasteiger partial charge in [-0.25, -0.2) is 4.79 Å². The highest BCUT2D eigenvalue weighted by Crippen LogP contribution is 2.50. The predicted molar refractivity (Wildman–Crippen MR) is 80.9 cm³/mol. The van der Waals surface area contributed by atoms with Crippen molar-refractivity contribution >= 4 is 17.7 Å². The summed E-state index contributed by atoms with van der Waals surface area (Å²) in [6.07, 6.45) is 8.62. The van der Waals surface area contributed by atoms with Gasteiger partial charge in [-0.15, -0.1) is 0 Å². The zero-order valence-corrected chi connectivity index (χ0v) is 12.6. The number of halogens is 1. The van der Waals surface area contributed by atoms with Crippen molar-refractivity contribution in [2.75, 3.05) is 0 Å². The van der Waals surface area contributed by atoms with Crippen LogP contribution in [-0.2, 0) is 10.3 Å². The summed E-state index contributed by atoms with van der Waals surface area (Å²) < 4.78 is 0. The molecule has 2 fully saturated rings. The van der Waals surface area contributed by atoms with Crippen LogP contribution in [0.2, 0.25) is 5.02 Å². The average molecular weight is 290 g/mol. The third-order valence-electron chi connectivity index (χ3n) is 4.98. The molecule has 0 aliphatic heterocycles. The lowest BCUT2D eigenvalue weighted by Crippen LogP contribution is -2.12. The first kappa shape index (κ1) is 13.9. The minimum atomic E-state index is -0.314. The number of isocyanates is 1. The Kier molecular flexibility index (Phi) is 3.70. The molecule has 1 aromatic carbocycles. The van der Waals surface area contributed by atoms with E-state index >= 15 is 0 Å². The minimum absolute atomic E-state index is 0.314. The monoisotopic (exact) mass is 289 g/mol. The zero-order chi connectivity index (χ0) is 14.2. The summed E-state index contributed by atoms with van der Waals surface area (Å²) in [4.78, 5) is 14.5. The van der Waals surface area contributed by atoms with E-state index in [1.165, 1.54) is 31.2 Å². The summed E-state index contributed by atoms with van der Waals surface area (Å²) >= 11 is 6.49. The number of carbonyl (C=O) groups excluding carboxylic acids is 1. The van der Waals surface area contributed by atoms with Crippen LogP contribution in [0.3, 0.4) is 0 Å². The Balaban J connectivity index is 1.83. The molecule has 3 rings (SSSR count). The van der Waals surface area contributed by atoms with E-state index in [-0.39, 0.29) is 5.54 Å². The van der Waals surface area contributed by atoms with Crippen LogP contribution < -0.4 is 0 Å². The highest BCUT2D eigenvalue weighted by atomic mass is 35.5. The number of hydrogen-bond acceptors (Lipinski definition) is 2. The van der Waals surface area contributed by atoms with Crippen molar-refractivity contribution in [1.29, 1.82) is 0 Å². The molecule has 2 saturated carbocycles. The normalized spacial score (nSPS) is 27.7. The van der Waals surface area contributed by atoms with Gasteiger partial charge in [-0.1, -0.05) is 43.5 Å². The van der Waals surface area contributed by atoms with Crippen LogP contribution in [0.25, 0.3) is 0 Å². The van der Waals surface area contributed by atoms with Gasteiger partial charge in [-0.05, 0) is 54.7 Å². The Bertz CT molecular complexity index is 550. The molecule has 0 aromatic heterocycles. The second-order valence-electron chi connectivity index (χ2n) is 6.43. The van der Waals surface area contributed by atoms with E-state index in [9.17, 15) is 4.79 Å². The number of benzene rings is 1. The standard InChI is InChI=1S/C17H20ClNO/c1-12-2-4-13(5-3-12)15-7-6-14(10-16(15)18)17(8-9-17)19-11-20/h6-7,10,12-13H,2-5,8-9H2,1H3. The Morgan fingerprint density at radius 1 is 1.25 bits per heavy atom. The predicted octanol–water partition coefficient (Wildman–Crippen LogP) is 4.96. The van der Waals surface area contributed by atoms with Crippen molar-refractivity contribution in [3.63, 3.8) is 0 Å². The summed E-state index contributed by atoms with van der Waals surface area (Å²) in [5, 5.41) is 0.842. The summed E-state index contributed by atoms with van der Waals surface area (Å²) in [5.74, 6) is 1.44. The maximum Gasteiger partial charge on any atom is 0.235 e. The first-order valence-electron chi connectivity index (χ1n) is 7.53. The Morgan fingerprint density at radius 2 is 1.95 bits per heavy atom. The number of aliphatic imine (C=N–C) groups is 1. The largest absolute Gasteiger partial charge is 0.235 e. The van der Waals surface area contributed by atoms with E-state index in [4.69, 9.17) is 11.6 Å². The average Bonchev–Trinajstić information content (AvgIpc) is 3.21.